The van der Waals surface area contributed by atoms with E-state index < -0.39 is 12.5 Å². The summed E-state index contributed by atoms with van der Waals surface area (Å²) in [6.07, 6.45) is -1.47. The summed E-state index contributed by atoms with van der Waals surface area (Å²) in [4.78, 5) is 0. The molecule has 1 aromatic heterocycles. The molecule has 1 heterocycles. The first-order valence-electron chi connectivity index (χ1n) is 3.99. The molecule has 1 aromatic rings. The number of hydrogen-bond donors (Lipinski definition) is 1. The van der Waals surface area contributed by atoms with Crippen LogP contribution in [0.4, 0.5) is 8.78 Å². The summed E-state index contributed by atoms with van der Waals surface area (Å²) < 4.78 is 26.0. The first-order valence-corrected chi connectivity index (χ1v) is 3.99. The van der Waals surface area contributed by atoms with Crippen molar-refractivity contribution >= 4 is 0 Å². The van der Waals surface area contributed by atoms with Crippen LogP contribution in [0.3, 0.4) is 0 Å². The van der Waals surface area contributed by atoms with Gasteiger partial charge in [0, 0.05) is 25.2 Å². The largest absolute Gasteiger partial charge is 0.393 e. The van der Waals surface area contributed by atoms with Crippen LogP contribution in [-0.2, 0) is 13.5 Å². The van der Waals surface area contributed by atoms with Crippen LogP contribution in [0, 0.1) is 0 Å². The van der Waals surface area contributed by atoms with Gasteiger partial charge in [0.1, 0.15) is 5.69 Å². The van der Waals surface area contributed by atoms with Crippen molar-refractivity contribution in [1.29, 1.82) is 0 Å². The standard InChI is InChI=1S/C8H12F2N2O/c1-5(13)3-6-4-12(2)11-7(6)8(9)10/h4-5,8,13H,3H2,1-2H3. The molecule has 0 fully saturated rings. The molecule has 0 aliphatic carbocycles. The Morgan fingerprint density at radius 1 is 1.62 bits per heavy atom. The molecule has 1 atom stereocenters. The van der Waals surface area contributed by atoms with Crippen molar-refractivity contribution in [2.45, 2.75) is 25.9 Å². The van der Waals surface area contributed by atoms with Gasteiger partial charge >= 0.3 is 0 Å². The predicted octanol–water partition coefficient (Wildman–Crippen LogP) is 1.28. The van der Waals surface area contributed by atoms with Crippen LogP contribution in [0.25, 0.3) is 0 Å². The zero-order valence-corrected chi connectivity index (χ0v) is 7.54. The zero-order valence-electron chi connectivity index (χ0n) is 7.54. The summed E-state index contributed by atoms with van der Waals surface area (Å²) in [7, 11) is 1.58. The highest BCUT2D eigenvalue weighted by atomic mass is 19.3. The van der Waals surface area contributed by atoms with Crippen LogP contribution in [-0.4, -0.2) is 21.0 Å². The molecule has 0 aliphatic heterocycles. The van der Waals surface area contributed by atoms with Crippen LogP contribution >= 0.6 is 0 Å². The van der Waals surface area contributed by atoms with E-state index in [1.54, 1.807) is 14.0 Å². The summed E-state index contributed by atoms with van der Waals surface area (Å²) in [5.74, 6) is 0. The number of aliphatic hydroxyl groups excluding tert-OH is 1. The van der Waals surface area contributed by atoms with Crippen molar-refractivity contribution in [2.75, 3.05) is 0 Å². The Kier molecular flexibility index (Phi) is 2.98. The van der Waals surface area contributed by atoms with Gasteiger partial charge in [-0.2, -0.15) is 5.10 Å². The highest BCUT2D eigenvalue weighted by molar-refractivity contribution is 5.18. The maximum atomic E-state index is 12.3. The Hall–Kier alpha value is -0.970. The number of halogens is 2. The van der Waals surface area contributed by atoms with Crippen molar-refractivity contribution in [3.8, 4) is 0 Å². The minimum atomic E-state index is -2.57. The van der Waals surface area contributed by atoms with Crippen molar-refractivity contribution in [1.82, 2.24) is 9.78 Å². The summed E-state index contributed by atoms with van der Waals surface area (Å²) in [6, 6.07) is 0. The van der Waals surface area contributed by atoms with Gasteiger partial charge in [0.15, 0.2) is 0 Å². The van der Waals surface area contributed by atoms with Gasteiger partial charge in [-0.25, -0.2) is 8.78 Å². The molecule has 0 amide bonds. The maximum absolute atomic E-state index is 12.3. The number of hydrogen-bond acceptors (Lipinski definition) is 2. The Morgan fingerprint density at radius 3 is 2.69 bits per heavy atom. The van der Waals surface area contributed by atoms with Crippen LogP contribution in [0.2, 0.25) is 0 Å². The normalized spacial score (nSPS) is 13.7. The number of rotatable bonds is 3. The monoisotopic (exact) mass is 190 g/mol. The zero-order chi connectivity index (χ0) is 10.0. The molecule has 13 heavy (non-hydrogen) atoms. The van der Waals surface area contributed by atoms with Gasteiger partial charge in [0.2, 0.25) is 0 Å². The number of aromatic nitrogens is 2. The molecular formula is C8H12F2N2O. The van der Waals surface area contributed by atoms with Gasteiger partial charge in [-0.1, -0.05) is 0 Å². The lowest BCUT2D eigenvalue weighted by molar-refractivity contribution is 0.142. The molecule has 1 unspecified atom stereocenters. The second-order valence-corrected chi connectivity index (χ2v) is 3.07. The van der Waals surface area contributed by atoms with E-state index in [0.717, 1.165) is 0 Å². The lowest BCUT2D eigenvalue weighted by Gasteiger charge is -2.02. The Bertz CT molecular complexity index is 284. The quantitative estimate of drug-likeness (QED) is 0.779. The second-order valence-electron chi connectivity index (χ2n) is 3.07. The third-order valence-electron chi connectivity index (χ3n) is 1.66. The molecule has 0 spiro atoms. The fourth-order valence-corrected chi connectivity index (χ4v) is 1.21. The van der Waals surface area contributed by atoms with Crippen LogP contribution in [0.15, 0.2) is 6.20 Å². The lowest BCUT2D eigenvalue weighted by Crippen LogP contribution is -2.05. The van der Waals surface area contributed by atoms with Crippen LogP contribution in [0.1, 0.15) is 24.6 Å². The summed E-state index contributed by atoms with van der Waals surface area (Å²) in [6.45, 7) is 1.56. The van der Waals surface area contributed by atoms with E-state index in [0.29, 0.717) is 5.56 Å². The summed E-state index contributed by atoms with van der Waals surface area (Å²) >= 11 is 0. The van der Waals surface area contributed by atoms with Gasteiger partial charge in [-0.05, 0) is 6.92 Å². The molecule has 0 saturated heterocycles. The summed E-state index contributed by atoms with van der Waals surface area (Å²) in [5, 5.41) is 12.7. The Morgan fingerprint density at radius 2 is 2.23 bits per heavy atom. The predicted molar refractivity (Wildman–Crippen MR) is 43.5 cm³/mol. The first kappa shape index (κ1) is 10.1. The fraction of sp³-hybridized carbons (Fsp3) is 0.625. The number of aryl methyl sites for hydroxylation is 1. The third kappa shape index (κ3) is 2.48. The van der Waals surface area contributed by atoms with E-state index in [9.17, 15) is 8.78 Å². The molecule has 0 aromatic carbocycles. The van der Waals surface area contributed by atoms with Gasteiger partial charge in [-0.15, -0.1) is 0 Å². The number of nitrogens with zero attached hydrogens (tertiary/aromatic N) is 2. The van der Waals surface area contributed by atoms with Gasteiger partial charge in [-0.3, -0.25) is 4.68 Å². The average molecular weight is 190 g/mol. The van der Waals surface area contributed by atoms with E-state index in [2.05, 4.69) is 5.10 Å². The van der Waals surface area contributed by atoms with Crippen molar-refractivity contribution < 1.29 is 13.9 Å². The molecule has 0 aliphatic rings. The smallest absolute Gasteiger partial charge is 0.282 e. The van der Waals surface area contributed by atoms with E-state index in [1.807, 2.05) is 0 Å². The molecular weight excluding hydrogens is 178 g/mol. The minimum absolute atomic E-state index is 0.216. The van der Waals surface area contributed by atoms with E-state index in [1.165, 1.54) is 10.9 Å². The molecule has 74 valence electrons. The molecule has 5 heteroatoms. The average Bonchev–Trinajstić information content (AvgIpc) is 2.29. The van der Waals surface area contributed by atoms with E-state index >= 15 is 0 Å². The Labute approximate surface area is 75.0 Å². The van der Waals surface area contributed by atoms with Crippen LogP contribution in [0.5, 0.6) is 0 Å². The van der Waals surface area contributed by atoms with Gasteiger partial charge in [0.05, 0.1) is 6.10 Å². The molecule has 1 N–H and O–H groups in total. The van der Waals surface area contributed by atoms with E-state index in [-0.39, 0.29) is 12.1 Å². The topological polar surface area (TPSA) is 38.0 Å². The highest BCUT2D eigenvalue weighted by Gasteiger charge is 2.17. The fourth-order valence-electron chi connectivity index (χ4n) is 1.21. The molecule has 0 radical (unpaired) electrons. The second kappa shape index (κ2) is 3.83. The molecule has 0 bridgehead atoms. The molecule has 0 saturated carbocycles. The Balaban J connectivity index is 2.91. The minimum Gasteiger partial charge on any atom is -0.393 e. The van der Waals surface area contributed by atoms with Crippen LogP contribution < -0.4 is 0 Å². The third-order valence-corrected chi connectivity index (χ3v) is 1.66. The number of alkyl halides is 2. The molecule has 3 nitrogen and oxygen atoms in total. The van der Waals surface area contributed by atoms with Crippen molar-refractivity contribution in [3.63, 3.8) is 0 Å². The molecule has 1 rings (SSSR count). The lowest BCUT2D eigenvalue weighted by atomic mass is 10.1. The maximum Gasteiger partial charge on any atom is 0.282 e. The van der Waals surface area contributed by atoms with Crippen molar-refractivity contribution in [3.05, 3.63) is 17.5 Å². The van der Waals surface area contributed by atoms with Gasteiger partial charge < -0.3 is 5.11 Å². The van der Waals surface area contributed by atoms with E-state index in [4.69, 9.17) is 5.11 Å². The SMILES string of the molecule is CC(O)Cc1cn(C)nc1C(F)F. The highest BCUT2D eigenvalue weighted by Crippen LogP contribution is 2.21. The number of aliphatic hydroxyl groups is 1. The van der Waals surface area contributed by atoms with Gasteiger partial charge in [0.25, 0.3) is 6.43 Å². The summed E-state index contributed by atoms with van der Waals surface area (Å²) in [5.41, 5.74) is 0.177. The first-order chi connectivity index (χ1) is 6.00. The van der Waals surface area contributed by atoms with Crippen molar-refractivity contribution in [2.24, 2.45) is 7.05 Å².